The second-order valence-corrected chi connectivity index (χ2v) is 6.09. The van der Waals surface area contributed by atoms with Gasteiger partial charge in [-0.1, -0.05) is 13.8 Å². The smallest absolute Gasteiger partial charge is 0.246 e. The Morgan fingerprint density at radius 1 is 1.45 bits per heavy atom. The van der Waals surface area contributed by atoms with Gasteiger partial charge in [0.25, 0.3) is 0 Å². The van der Waals surface area contributed by atoms with Crippen LogP contribution in [0, 0.1) is 11.3 Å². The molecule has 0 amide bonds. The van der Waals surface area contributed by atoms with E-state index in [1.807, 2.05) is 13.0 Å². The van der Waals surface area contributed by atoms with Gasteiger partial charge in [0.2, 0.25) is 10.0 Å². The van der Waals surface area contributed by atoms with Crippen LogP contribution in [0.1, 0.15) is 26.7 Å². The van der Waals surface area contributed by atoms with Crippen molar-refractivity contribution in [3.8, 4) is 6.07 Å². The zero-order valence-corrected chi connectivity index (χ0v) is 12.7. The first-order valence-electron chi connectivity index (χ1n) is 6.63. The molecule has 0 aliphatic heterocycles. The molecule has 0 bridgehead atoms. The van der Waals surface area contributed by atoms with Crippen molar-refractivity contribution in [1.29, 1.82) is 5.26 Å². The summed E-state index contributed by atoms with van der Waals surface area (Å²) in [5.41, 5.74) is 0. The lowest BCUT2D eigenvalue weighted by Crippen LogP contribution is -2.32. The Morgan fingerprint density at radius 2 is 2.20 bits per heavy atom. The summed E-state index contributed by atoms with van der Waals surface area (Å²) in [6.45, 7) is 4.92. The average Bonchev–Trinajstić information content (AvgIpc) is 2.46. The SMILES string of the molecule is CCCNc1ncccc1S(=O)(=O)N(CC)CCC#N. The summed E-state index contributed by atoms with van der Waals surface area (Å²) in [4.78, 5) is 4.26. The van der Waals surface area contributed by atoms with Gasteiger partial charge in [0.15, 0.2) is 0 Å². The number of aromatic nitrogens is 1. The van der Waals surface area contributed by atoms with E-state index in [0.29, 0.717) is 18.9 Å². The van der Waals surface area contributed by atoms with Crippen LogP contribution in [-0.4, -0.2) is 37.3 Å². The van der Waals surface area contributed by atoms with E-state index in [-0.39, 0.29) is 17.9 Å². The number of rotatable bonds is 8. The lowest BCUT2D eigenvalue weighted by molar-refractivity contribution is 0.435. The largest absolute Gasteiger partial charge is 0.369 e. The lowest BCUT2D eigenvalue weighted by Gasteiger charge is -2.20. The van der Waals surface area contributed by atoms with E-state index in [4.69, 9.17) is 5.26 Å². The van der Waals surface area contributed by atoms with Crippen LogP contribution in [0.3, 0.4) is 0 Å². The van der Waals surface area contributed by atoms with Crippen LogP contribution in [0.15, 0.2) is 23.2 Å². The van der Waals surface area contributed by atoms with Gasteiger partial charge in [-0.2, -0.15) is 9.57 Å². The van der Waals surface area contributed by atoms with Crippen molar-refractivity contribution in [2.45, 2.75) is 31.6 Å². The average molecular weight is 296 g/mol. The monoisotopic (exact) mass is 296 g/mol. The predicted octanol–water partition coefficient (Wildman–Crippen LogP) is 1.83. The first kappa shape index (κ1) is 16.4. The van der Waals surface area contributed by atoms with Gasteiger partial charge < -0.3 is 5.32 Å². The number of nitrogens with zero attached hydrogens (tertiary/aromatic N) is 3. The zero-order chi connectivity index (χ0) is 15.0. The lowest BCUT2D eigenvalue weighted by atomic mass is 10.4. The summed E-state index contributed by atoms with van der Waals surface area (Å²) in [5.74, 6) is 0.366. The normalized spacial score (nSPS) is 11.3. The van der Waals surface area contributed by atoms with Gasteiger partial charge in [0.1, 0.15) is 10.7 Å². The molecule has 0 spiro atoms. The maximum Gasteiger partial charge on any atom is 0.246 e. The zero-order valence-electron chi connectivity index (χ0n) is 11.8. The molecule has 1 rings (SSSR count). The summed E-state index contributed by atoms with van der Waals surface area (Å²) in [6, 6.07) is 5.10. The number of nitrogens with one attached hydrogen (secondary N) is 1. The molecule has 0 saturated carbocycles. The van der Waals surface area contributed by atoms with Crippen molar-refractivity contribution in [3.05, 3.63) is 18.3 Å². The fraction of sp³-hybridized carbons (Fsp3) is 0.538. The van der Waals surface area contributed by atoms with Crippen molar-refractivity contribution in [1.82, 2.24) is 9.29 Å². The fourth-order valence-electron chi connectivity index (χ4n) is 1.74. The third kappa shape index (κ3) is 3.92. The van der Waals surface area contributed by atoms with Crippen LogP contribution in [-0.2, 0) is 10.0 Å². The molecule has 0 unspecified atom stereocenters. The first-order valence-corrected chi connectivity index (χ1v) is 8.07. The Kier molecular flexibility index (Phi) is 6.42. The maximum atomic E-state index is 12.6. The minimum atomic E-state index is -3.63. The molecule has 110 valence electrons. The molecule has 0 radical (unpaired) electrons. The Bertz CT molecular complexity index is 566. The third-order valence-corrected chi connectivity index (χ3v) is 4.76. The van der Waals surface area contributed by atoms with Gasteiger partial charge in [-0.15, -0.1) is 0 Å². The van der Waals surface area contributed by atoms with Gasteiger partial charge in [0, 0.05) is 32.3 Å². The van der Waals surface area contributed by atoms with E-state index in [0.717, 1.165) is 6.42 Å². The molecular weight excluding hydrogens is 276 g/mol. The van der Waals surface area contributed by atoms with E-state index >= 15 is 0 Å². The second-order valence-electron chi connectivity index (χ2n) is 4.18. The van der Waals surface area contributed by atoms with Gasteiger partial charge in [-0.3, -0.25) is 0 Å². The molecule has 20 heavy (non-hydrogen) atoms. The molecule has 0 aliphatic carbocycles. The van der Waals surface area contributed by atoms with E-state index in [1.54, 1.807) is 19.2 Å². The topological polar surface area (TPSA) is 86.1 Å². The van der Waals surface area contributed by atoms with Crippen LogP contribution in [0.25, 0.3) is 0 Å². The maximum absolute atomic E-state index is 12.6. The first-order chi connectivity index (χ1) is 9.57. The van der Waals surface area contributed by atoms with Crippen LogP contribution in [0.4, 0.5) is 5.82 Å². The number of sulfonamides is 1. The molecule has 0 saturated heterocycles. The van der Waals surface area contributed by atoms with E-state index in [9.17, 15) is 8.42 Å². The Balaban J connectivity index is 3.10. The molecule has 1 aromatic heterocycles. The molecule has 1 N–H and O–H groups in total. The van der Waals surface area contributed by atoms with Crippen molar-refractivity contribution in [3.63, 3.8) is 0 Å². The number of nitriles is 1. The van der Waals surface area contributed by atoms with Crippen molar-refractivity contribution in [2.75, 3.05) is 25.0 Å². The number of hydrogen-bond acceptors (Lipinski definition) is 5. The van der Waals surface area contributed by atoms with Crippen molar-refractivity contribution in [2.24, 2.45) is 0 Å². The van der Waals surface area contributed by atoms with E-state index < -0.39 is 10.0 Å². The fourth-order valence-corrected chi connectivity index (χ4v) is 3.31. The quantitative estimate of drug-likeness (QED) is 0.791. The Labute approximate surface area is 120 Å². The van der Waals surface area contributed by atoms with Crippen LogP contribution in [0.5, 0.6) is 0 Å². The number of pyridine rings is 1. The van der Waals surface area contributed by atoms with E-state index in [2.05, 4.69) is 10.3 Å². The van der Waals surface area contributed by atoms with Crippen LogP contribution < -0.4 is 5.32 Å². The van der Waals surface area contributed by atoms with Gasteiger partial charge in [-0.05, 0) is 18.6 Å². The Hall–Kier alpha value is -1.65. The van der Waals surface area contributed by atoms with Gasteiger partial charge in [0.05, 0.1) is 6.07 Å². The highest BCUT2D eigenvalue weighted by atomic mass is 32.2. The summed E-state index contributed by atoms with van der Waals surface area (Å²) in [5, 5.41) is 11.6. The summed E-state index contributed by atoms with van der Waals surface area (Å²) < 4.78 is 26.5. The highest BCUT2D eigenvalue weighted by Crippen LogP contribution is 2.22. The van der Waals surface area contributed by atoms with E-state index in [1.165, 1.54) is 10.4 Å². The standard InChI is InChI=1S/C13H20N4O2S/c1-3-9-15-13-12(7-5-10-16-13)20(18,19)17(4-2)11-6-8-14/h5,7,10H,3-4,6,9,11H2,1-2H3,(H,15,16). The number of anilines is 1. The molecule has 1 heterocycles. The van der Waals surface area contributed by atoms with Crippen LogP contribution in [0.2, 0.25) is 0 Å². The van der Waals surface area contributed by atoms with Gasteiger partial charge >= 0.3 is 0 Å². The highest BCUT2D eigenvalue weighted by Gasteiger charge is 2.26. The van der Waals surface area contributed by atoms with Gasteiger partial charge in [-0.25, -0.2) is 13.4 Å². The molecule has 6 nitrogen and oxygen atoms in total. The van der Waals surface area contributed by atoms with Crippen LogP contribution >= 0.6 is 0 Å². The molecule has 0 atom stereocenters. The minimum absolute atomic E-state index is 0.160. The summed E-state index contributed by atoms with van der Waals surface area (Å²) >= 11 is 0. The third-order valence-electron chi connectivity index (χ3n) is 2.76. The van der Waals surface area contributed by atoms with Crippen molar-refractivity contribution < 1.29 is 8.42 Å². The Morgan fingerprint density at radius 3 is 2.80 bits per heavy atom. The molecule has 0 fully saturated rings. The molecule has 1 aromatic rings. The molecule has 7 heteroatoms. The molecule has 0 aliphatic rings. The predicted molar refractivity (Wildman–Crippen MR) is 77.7 cm³/mol. The summed E-state index contributed by atoms with van der Waals surface area (Å²) in [6.07, 6.45) is 2.61. The molecule has 0 aromatic carbocycles. The summed E-state index contributed by atoms with van der Waals surface area (Å²) in [7, 11) is -3.63. The molecular formula is C13H20N4O2S. The highest BCUT2D eigenvalue weighted by molar-refractivity contribution is 7.89. The van der Waals surface area contributed by atoms with Crippen molar-refractivity contribution >= 4 is 15.8 Å². The minimum Gasteiger partial charge on any atom is -0.369 e. The number of hydrogen-bond donors (Lipinski definition) is 1. The second kappa shape index (κ2) is 7.82.